The fraction of sp³-hybridized carbons (Fsp3) is 0.667. The third-order valence-electron chi connectivity index (χ3n) is 2.55. The molecule has 0 spiro atoms. The van der Waals surface area contributed by atoms with Crippen molar-refractivity contribution in [2.45, 2.75) is 31.8 Å². The van der Waals surface area contributed by atoms with Gasteiger partial charge in [0.25, 0.3) is 0 Å². The van der Waals surface area contributed by atoms with Crippen molar-refractivity contribution in [2.24, 2.45) is 5.73 Å². The van der Waals surface area contributed by atoms with Gasteiger partial charge in [0.15, 0.2) is 0 Å². The van der Waals surface area contributed by atoms with Gasteiger partial charge in [0, 0.05) is 18.3 Å². The van der Waals surface area contributed by atoms with Crippen molar-refractivity contribution >= 4 is 0 Å². The Hall–Kier alpha value is -0.870. The molecule has 2 heterocycles. The van der Waals surface area contributed by atoms with Crippen LogP contribution in [0.15, 0.2) is 6.20 Å². The van der Waals surface area contributed by atoms with E-state index in [2.05, 4.69) is 9.55 Å². The Morgan fingerprint density at radius 2 is 2.54 bits per heavy atom. The molecule has 1 aliphatic rings. The molecule has 4 heteroatoms. The maximum atomic E-state index is 8.83. The van der Waals surface area contributed by atoms with Crippen molar-refractivity contribution in [2.75, 3.05) is 6.61 Å². The van der Waals surface area contributed by atoms with Crippen LogP contribution >= 0.6 is 0 Å². The maximum absolute atomic E-state index is 8.83. The molecule has 0 saturated carbocycles. The molecule has 0 amide bonds. The summed E-state index contributed by atoms with van der Waals surface area (Å²) in [7, 11) is 0. The lowest BCUT2D eigenvalue weighted by Crippen LogP contribution is -2.26. The molecule has 72 valence electrons. The van der Waals surface area contributed by atoms with Crippen molar-refractivity contribution in [3.63, 3.8) is 0 Å². The van der Waals surface area contributed by atoms with Gasteiger partial charge in [-0.05, 0) is 19.3 Å². The normalized spacial score (nSPS) is 21.5. The predicted molar refractivity (Wildman–Crippen MR) is 49.2 cm³/mol. The molecule has 0 bridgehead atoms. The zero-order valence-corrected chi connectivity index (χ0v) is 7.61. The average Bonchev–Trinajstić information content (AvgIpc) is 2.51. The Kier molecular flexibility index (Phi) is 2.33. The van der Waals surface area contributed by atoms with Crippen molar-refractivity contribution in [1.82, 2.24) is 9.55 Å². The zero-order valence-electron chi connectivity index (χ0n) is 7.61. The number of aryl methyl sites for hydroxylation is 1. The third-order valence-corrected chi connectivity index (χ3v) is 2.55. The molecule has 4 nitrogen and oxygen atoms in total. The highest BCUT2D eigenvalue weighted by molar-refractivity contribution is 5.09. The van der Waals surface area contributed by atoms with Gasteiger partial charge in [-0.2, -0.15) is 0 Å². The minimum Gasteiger partial charge on any atom is -0.396 e. The summed E-state index contributed by atoms with van der Waals surface area (Å²) >= 11 is 0. The molecule has 0 aromatic carbocycles. The number of aliphatic hydroxyl groups is 1. The van der Waals surface area contributed by atoms with Crippen molar-refractivity contribution in [1.29, 1.82) is 0 Å². The smallest absolute Gasteiger partial charge is 0.112 e. The van der Waals surface area contributed by atoms with Crippen LogP contribution in [-0.4, -0.2) is 21.3 Å². The minimum atomic E-state index is 0.0628. The van der Waals surface area contributed by atoms with Crippen molar-refractivity contribution in [3.05, 3.63) is 17.7 Å². The van der Waals surface area contributed by atoms with E-state index in [9.17, 15) is 0 Å². The zero-order chi connectivity index (χ0) is 9.26. The van der Waals surface area contributed by atoms with Gasteiger partial charge < -0.3 is 15.4 Å². The Labute approximate surface area is 77.4 Å². The average molecular weight is 181 g/mol. The van der Waals surface area contributed by atoms with Crippen LogP contribution in [0.5, 0.6) is 0 Å². The molecule has 1 aromatic rings. The number of rotatable bonds is 2. The lowest BCUT2D eigenvalue weighted by molar-refractivity contribution is 0.290. The van der Waals surface area contributed by atoms with Crippen LogP contribution < -0.4 is 5.73 Å². The van der Waals surface area contributed by atoms with Crippen LogP contribution in [0.3, 0.4) is 0 Å². The Bertz CT molecular complexity index is 295. The highest BCUT2D eigenvalue weighted by atomic mass is 16.3. The van der Waals surface area contributed by atoms with Crippen LogP contribution in [0.1, 0.15) is 30.5 Å². The highest BCUT2D eigenvalue weighted by Crippen LogP contribution is 2.22. The van der Waals surface area contributed by atoms with Gasteiger partial charge in [0.05, 0.1) is 12.8 Å². The minimum absolute atomic E-state index is 0.0628. The molecule has 3 N–H and O–H groups in total. The van der Waals surface area contributed by atoms with Crippen molar-refractivity contribution in [3.8, 4) is 0 Å². The number of fused-ring (bicyclic) bond motifs is 1. The molecule has 0 saturated heterocycles. The van der Waals surface area contributed by atoms with Crippen molar-refractivity contribution < 1.29 is 5.11 Å². The number of aromatic nitrogens is 2. The highest BCUT2D eigenvalue weighted by Gasteiger charge is 2.19. The second-order valence-electron chi connectivity index (χ2n) is 3.47. The number of aliphatic hydroxyl groups excluding tert-OH is 1. The second-order valence-corrected chi connectivity index (χ2v) is 3.47. The van der Waals surface area contributed by atoms with Gasteiger partial charge in [0.2, 0.25) is 0 Å². The van der Waals surface area contributed by atoms with Gasteiger partial charge in [-0.1, -0.05) is 0 Å². The Morgan fingerprint density at radius 1 is 1.69 bits per heavy atom. The molecule has 0 fully saturated rings. The number of nitrogens with two attached hydrogens (primary N) is 1. The van der Waals surface area contributed by atoms with E-state index in [0.717, 1.165) is 25.1 Å². The molecular weight excluding hydrogens is 166 g/mol. The Morgan fingerprint density at radius 3 is 3.31 bits per heavy atom. The van der Waals surface area contributed by atoms with E-state index in [1.807, 2.05) is 6.20 Å². The molecule has 0 radical (unpaired) electrons. The molecule has 13 heavy (non-hydrogen) atoms. The first-order valence-electron chi connectivity index (χ1n) is 4.74. The van der Waals surface area contributed by atoms with E-state index in [1.165, 1.54) is 5.69 Å². The second kappa shape index (κ2) is 3.47. The van der Waals surface area contributed by atoms with Gasteiger partial charge in [-0.3, -0.25) is 0 Å². The van der Waals surface area contributed by atoms with E-state index in [1.54, 1.807) is 0 Å². The molecule has 1 aliphatic heterocycles. The summed E-state index contributed by atoms with van der Waals surface area (Å²) in [5.74, 6) is 0.921. The predicted octanol–water partition coefficient (Wildman–Crippen LogP) is 0.212. The molecule has 1 unspecified atom stereocenters. The largest absolute Gasteiger partial charge is 0.396 e. The van der Waals surface area contributed by atoms with E-state index in [0.29, 0.717) is 6.42 Å². The first kappa shape index (κ1) is 8.72. The number of imidazole rings is 1. The quantitative estimate of drug-likeness (QED) is 0.685. The summed E-state index contributed by atoms with van der Waals surface area (Å²) in [5.41, 5.74) is 7.17. The number of hydrogen-bond acceptors (Lipinski definition) is 3. The van der Waals surface area contributed by atoms with Crippen LogP contribution in [0.2, 0.25) is 0 Å². The van der Waals surface area contributed by atoms with Crippen LogP contribution in [0.4, 0.5) is 0 Å². The van der Waals surface area contributed by atoms with Gasteiger partial charge in [0.1, 0.15) is 5.82 Å². The Balaban J connectivity index is 2.32. The summed E-state index contributed by atoms with van der Waals surface area (Å²) < 4.78 is 2.07. The fourth-order valence-corrected chi connectivity index (χ4v) is 1.94. The van der Waals surface area contributed by atoms with Gasteiger partial charge >= 0.3 is 0 Å². The monoisotopic (exact) mass is 181 g/mol. The molecular formula is C9H15N3O. The summed E-state index contributed by atoms with van der Waals surface area (Å²) in [6, 6.07) is 0. The molecule has 1 aromatic heterocycles. The maximum Gasteiger partial charge on any atom is 0.112 e. The summed E-state index contributed by atoms with van der Waals surface area (Å²) in [6.45, 7) is 0.142. The lowest BCUT2D eigenvalue weighted by Gasteiger charge is -2.23. The van der Waals surface area contributed by atoms with E-state index < -0.39 is 0 Å². The van der Waals surface area contributed by atoms with Crippen LogP contribution in [0.25, 0.3) is 0 Å². The molecule has 2 rings (SSSR count). The van der Waals surface area contributed by atoms with E-state index in [-0.39, 0.29) is 12.8 Å². The van der Waals surface area contributed by atoms with Crippen LogP contribution in [-0.2, 0) is 12.8 Å². The van der Waals surface area contributed by atoms with Gasteiger partial charge in [-0.25, -0.2) is 4.98 Å². The first-order chi connectivity index (χ1) is 6.33. The fourth-order valence-electron chi connectivity index (χ4n) is 1.94. The summed E-state index contributed by atoms with van der Waals surface area (Å²) in [5, 5.41) is 8.83. The molecule has 1 atom stereocenters. The first-order valence-corrected chi connectivity index (χ1v) is 4.74. The van der Waals surface area contributed by atoms with Gasteiger partial charge in [-0.15, -0.1) is 0 Å². The van der Waals surface area contributed by atoms with E-state index >= 15 is 0 Å². The van der Waals surface area contributed by atoms with E-state index in [4.69, 9.17) is 10.8 Å². The number of hydrogen-bond donors (Lipinski definition) is 2. The third kappa shape index (κ3) is 1.47. The summed E-state index contributed by atoms with van der Waals surface area (Å²) in [6.07, 6.45) is 5.77. The lowest BCUT2D eigenvalue weighted by atomic mass is 10.1. The molecule has 0 aliphatic carbocycles. The summed E-state index contributed by atoms with van der Waals surface area (Å²) in [4.78, 5) is 4.26. The van der Waals surface area contributed by atoms with Crippen LogP contribution in [0, 0.1) is 0 Å². The standard InChI is InChI=1S/C9H15N3O/c10-8-3-1-2-7-6-11-9(4-5-13)12(7)8/h6,8,13H,1-5,10H2. The topological polar surface area (TPSA) is 64.1 Å². The SMILES string of the molecule is NC1CCCc2cnc(CCO)n21. The number of nitrogens with zero attached hydrogens (tertiary/aromatic N) is 2.